The molecule has 1 aliphatic heterocycles. The zero-order valence-corrected chi connectivity index (χ0v) is 10.5. The number of carbonyl (C=O) groups is 1. The number of nitrogens with one attached hydrogen (secondary N) is 2. The molecule has 1 aliphatic carbocycles. The highest BCUT2D eigenvalue weighted by atomic mass is 16.5. The predicted octanol–water partition coefficient (Wildman–Crippen LogP) is 0.382. The number of hydrogen-bond acceptors (Lipinski definition) is 5. The third-order valence-corrected chi connectivity index (χ3v) is 4.01. The van der Waals surface area contributed by atoms with Crippen LogP contribution in [0.2, 0.25) is 0 Å². The van der Waals surface area contributed by atoms with E-state index in [0.29, 0.717) is 30.1 Å². The number of amides is 1. The Balaban J connectivity index is 1.55. The first-order chi connectivity index (χ1) is 8.74. The maximum Gasteiger partial charge on any atom is 0.246 e. The normalized spacial score (nSPS) is 30.4. The van der Waals surface area contributed by atoms with Crippen molar-refractivity contribution in [2.45, 2.75) is 38.8 Å². The first-order valence-electron chi connectivity index (χ1n) is 6.54. The van der Waals surface area contributed by atoms with Gasteiger partial charge in [-0.2, -0.15) is 4.98 Å². The van der Waals surface area contributed by atoms with E-state index >= 15 is 0 Å². The van der Waals surface area contributed by atoms with E-state index in [0.717, 1.165) is 13.0 Å². The Labute approximate surface area is 106 Å². The molecule has 0 spiro atoms. The zero-order chi connectivity index (χ0) is 12.5. The van der Waals surface area contributed by atoms with Gasteiger partial charge in [0.1, 0.15) is 0 Å². The fourth-order valence-electron chi connectivity index (χ4n) is 3.16. The highest BCUT2D eigenvalue weighted by Crippen LogP contribution is 2.37. The zero-order valence-electron chi connectivity index (χ0n) is 10.5. The first kappa shape index (κ1) is 11.6. The SMILES string of the molecule is Cc1noc(CNC(=O)C2NCC3CCCC32)n1. The number of hydrogen-bond donors (Lipinski definition) is 2. The standard InChI is InChI=1S/C12H18N4O2/c1-7-15-10(18-16-7)6-14-12(17)11-9-4-2-3-8(9)5-13-11/h8-9,11,13H,2-6H2,1H3,(H,14,17). The van der Waals surface area contributed by atoms with Crippen LogP contribution in [0.25, 0.3) is 0 Å². The van der Waals surface area contributed by atoms with Crippen LogP contribution in [0, 0.1) is 18.8 Å². The summed E-state index contributed by atoms with van der Waals surface area (Å²) in [6, 6.07) is -0.0403. The largest absolute Gasteiger partial charge is 0.346 e. The molecule has 18 heavy (non-hydrogen) atoms. The minimum absolute atomic E-state index is 0.0403. The van der Waals surface area contributed by atoms with E-state index in [1.54, 1.807) is 6.92 Å². The maximum atomic E-state index is 12.1. The highest BCUT2D eigenvalue weighted by molar-refractivity contribution is 5.82. The summed E-state index contributed by atoms with van der Waals surface area (Å²) in [6.45, 7) is 3.05. The lowest BCUT2D eigenvalue weighted by Crippen LogP contribution is -2.43. The Hall–Kier alpha value is -1.43. The van der Waals surface area contributed by atoms with Gasteiger partial charge < -0.3 is 15.2 Å². The predicted molar refractivity (Wildman–Crippen MR) is 63.5 cm³/mol. The summed E-state index contributed by atoms with van der Waals surface area (Å²) in [4.78, 5) is 16.2. The van der Waals surface area contributed by atoms with Crippen LogP contribution in [0.4, 0.5) is 0 Å². The summed E-state index contributed by atoms with van der Waals surface area (Å²) >= 11 is 0. The lowest BCUT2D eigenvalue weighted by molar-refractivity contribution is -0.124. The molecule has 1 saturated heterocycles. The number of aromatic nitrogens is 2. The molecule has 3 atom stereocenters. The molecular weight excluding hydrogens is 232 g/mol. The summed E-state index contributed by atoms with van der Waals surface area (Å²) in [5.74, 6) is 2.30. The number of rotatable bonds is 3. The van der Waals surface area contributed by atoms with Crippen LogP contribution in [0.1, 0.15) is 31.0 Å². The van der Waals surface area contributed by atoms with Crippen LogP contribution in [-0.4, -0.2) is 28.6 Å². The van der Waals surface area contributed by atoms with Gasteiger partial charge in [0.25, 0.3) is 0 Å². The summed E-state index contributed by atoms with van der Waals surface area (Å²) in [6.07, 6.45) is 3.67. The maximum absolute atomic E-state index is 12.1. The smallest absolute Gasteiger partial charge is 0.246 e. The van der Waals surface area contributed by atoms with Gasteiger partial charge in [-0.05, 0) is 38.1 Å². The molecule has 2 aliphatic rings. The number of carbonyl (C=O) groups excluding carboxylic acids is 1. The van der Waals surface area contributed by atoms with Crippen molar-refractivity contribution in [1.29, 1.82) is 0 Å². The van der Waals surface area contributed by atoms with Gasteiger partial charge in [-0.25, -0.2) is 0 Å². The Bertz CT molecular complexity index is 445. The number of nitrogens with zero attached hydrogens (tertiary/aromatic N) is 2. The molecule has 3 unspecified atom stereocenters. The van der Waals surface area contributed by atoms with Gasteiger partial charge in [-0.1, -0.05) is 11.6 Å². The van der Waals surface area contributed by atoms with Gasteiger partial charge in [0, 0.05) is 0 Å². The van der Waals surface area contributed by atoms with Crippen LogP contribution in [0.15, 0.2) is 4.52 Å². The fraction of sp³-hybridized carbons (Fsp3) is 0.750. The van der Waals surface area contributed by atoms with Crippen molar-refractivity contribution >= 4 is 5.91 Å². The van der Waals surface area contributed by atoms with Crippen molar-refractivity contribution in [3.8, 4) is 0 Å². The van der Waals surface area contributed by atoms with Gasteiger partial charge in [-0.15, -0.1) is 0 Å². The van der Waals surface area contributed by atoms with E-state index in [-0.39, 0.29) is 11.9 Å². The third kappa shape index (κ3) is 2.12. The molecule has 1 aromatic heterocycles. The van der Waals surface area contributed by atoms with E-state index in [4.69, 9.17) is 4.52 Å². The lowest BCUT2D eigenvalue weighted by atomic mass is 9.94. The first-order valence-corrected chi connectivity index (χ1v) is 6.54. The molecule has 1 amide bonds. The summed E-state index contributed by atoms with van der Waals surface area (Å²) < 4.78 is 4.97. The molecule has 1 saturated carbocycles. The summed E-state index contributed by atoms with van der Waals surface area (Å²) in [5.41, 5.74) is 0. The van der Waals surface area contributed by atoms with Crippen molar-refractivity contribution in [2.75, 3.05) is 6.54 Å². The topological polar surface area (TPSA) is 80.0 Å². The molecule has 0 bridgehead atoms. The van der Waals surface area contributed by atoms with Gasteiger partial charge in [0.15, 0.2) is 5.82 Å². The summed E-state index contributed by atoms with van der Waals surface area (Å²) in [7, 11) is 0. The van der Waals surface area contributed by atoms with E-state index < -0.39 is 0 Å². The second-order valence-electron chi connectivity index (χ2n) is 5.19. The minimum atomic E-state index is -0.0403. The van der Waals surface area contributed by atoms with Crippen LogP contribution < -0.4 is 10.6 Å². The van der Waals surface area contributed by atoms with Gasteiger partial charge >= 0.3 is 0 Å². The number of fused-ring (bicyclic) bond motifs is 1. The highest BCUT2D eigenvalue weighted by Gasteiger charge is 2.42. The molecule has 3 rings (SSSR count). The second-order valence-corrected chi connectivity index (χ2v) is 5.19. The van der Waals surface area contributed by atoms with Gasteiger partial charge in [0.2, 0.25) is 11.8 Å². The Kier molecular flexibility index (Phi) is 3.03. The van der Waals surface area contributed by atoms with Gasteiger partial charge in [0.05, 0.1) is 12.6 Å². The molecule has 6 heteroatoms. The molecule has 6 nitrogen and oxygen atoms in total. The minimum Gasteiger partial charge on any atom is -0.346 e. The molecular formula is C12H18N4O2. The van der Waals surface area contributed by atoms with Crippen LogP contribution in [0.5, 0.6) is 0 Å². The number of aryl methyl sites for hydroxylation is 1. The van der Waals surface area contributed by atoms with E-state index in [9.17, 15) is 4.79 Å². The molecule has 2 N–H and O–H groups in total. The molecule has 98 valence electrons. The van der Waals surface area contributed by atoms with Crippen molar-refractivity contribution in [3.05, 3.63) is 11.7 Å². The Morgan fingerprint density at radius 2 is 2.44 bits per heavy atom. The quantitative estimate of drug-likeness (QED) is 0.810. The van der Waals surface area contributed by atoms with E-state index in [1.807, 2.05) is 0 Å². The molecule has 0 aromatic carbocycles. The third-order valence-electron chi connectivity index (χ3n) is 4.01. The average Bonchev–Trinajstić information content (AvgIpc) is 3.01. The Morgan fingerprint density at radius 1 is 1.56 bits per heavy atom. The lowest BCUT2D eigenvalue weighted by Gasteiger charge is -2.16. The van der Waals surface area contributed by atoms with Crippen LogP contribution in [0.3, 0.4) is 0 Å². The molecule has 2 fully saturated rings. The summed E-state index contributed by atoms with van der Waals surface area (Å²) in [5, 5.41) is 9.88. The second kappa shape index (κ2) is 4.68. The van der Waals surface area contributed by atoms with Crippen LogP contribution in [-0.2, 0) is 11.3 Å². The van der Waals surface area contributed by atoms with Crippen molar-refractivity contribution in [2.24, 2.45) is 11.8 Å². The van der Waals surface area contributed by atoms with E-state index in [1.165, 1.54) is 12.8 Å². The van der Waals surface area contributed by atoms with Crippen LogP contribution >= 0.6 is 0 Å². The van der Waals surface area contributed by atoms with Crippen molar-refractivity contribution in [1.82, 2.24) is 20.8 Å². The van der Waals surface area contributed by atoms with Crippen molar-refractivity contribution < 1.29 is 9.32 Å². The fourth-order valence-corrected chi connectivity index (χ4v) is 3.16. The molecule has 0 radical (unpaired) electrons. The van der Waals surface area contributed by atoms with E-state index in [2.05, 4.69) is 20.8 Å². The average molecular weight is 250 g/mol. The Morgan fingerprint density at radius 3 is 3.22 bits per heavy atom. The molecule has 2 heterocycles. The molecule has 1 aromatic rings. The van der Waals surface area contributed by atoms with Crippen molar-refractivity contribution in [3.63, 3.8) is 0 Å². The van der Waals surface area contributed by atoms with Gasteiger partial charge in [-0.3, -0.25) is 4.79 Å². The monoisotopic (exact) mass is 250 g/mol.